The molecule has 0 radical (unpaired) electrons. The van der Waals surface area contributed by atoms with Crippen molar-refractivity contribution >= 4 is 36.4 Å². The predicted octanol–water partition coefficient (Wildman–Crippen LogP) is 2.05. The van der Waals surface area contributed by atoms with Crippen molar-refractivity contribution in [3.63, 3.8) is 0 Å². The molecule has 3 nitrogen and oxygen atoms in total. The summed E-state index contributed by atoms with van der Waals surface area (Å²) >= 11 is 5.63. The van der Waals surface area contributed by atoms with Crippen molar-refractivity contribution in [2.75, 3.05) is 13.2 Å². The normalized spacial score (nSPS) is 8.93. The van der Waals surface area contributed by atoms with Crippen LogP contribution in [-0.4, -0.2) is 23.2 Å². The Labute approximate surface area is 107 Å². The van der Waals surface area contributed by atoms with E-state index in [9.17, 15) is 0 Å². The van der Waals surface area contributed by atoms with Gasteiger partial charge in [-0.15, -0.1) is 24.8 Å². The van der Waals surface area contributed by atoms with Crippen LogP contribution in [0.25, 0.3) is 0 Å². The van der Waals surface area contributed by atoms with Gasteiger partial charge in [-0.1, -0.05) is 17.7 Å². The molecule has 1 rings (SSSR count). The summed E-state index contributed by atoms with van der Waals surface area (Å²) in [5, 5.41) is 12.2. The van der Waals surface area contributed by atoms with Gasteiger partial charge in [-0.05, 0) is 24.6 Å². The lowest BCUT2D eigenvalue weighted by Gasteiger charge is -2.02. The van der Waals surface area contributed by atoms with E-state index < -0.39 is 0 Å². The highest BCUT2D eigenvalue weighted by atomic mass is 35.5. The van der Waals surface area contributed by atoms with Crippen molar-refractivity contribution in [1.29, 1.82) is 0 Å². The number of aromatic nitrogens is 1. The van der Waals surface area contributed by atoms with E-state index in [1.807, 2.05) is 6.07 Å². The molecule has 1 heterocycles. The summed E-state index contributed by atoms with van der Waals surface area (Å²) < 4.78 is 0. The lowest BCUT2D eigenvalue weighted by molar-refractivity contribution is 0.286. The molecule has 0 saturated carbocycles. The van der Waals surface area contributed by atoms with Crippen LogP contribution in [0, 0.1) is 0 Å². The first-order chi connectivity index (χ1) is 6.33. The number of nitrogens with zero attached hydrogens (tertiary/aromatic N) is 1. The molecule has 0 amide bonds. The van der Waals surface area contributed by atoms with Gasteiger partial charge in [0, 0.05) is 19.3 Å². The minimum atomic E-state index is 0. The minimum Gasteiger partial charge on any atom is -0.396 e. The topological polar surface area (TPSA) is 45.1 Å². The SMILES string of the molecule is Cl.Cl.OCCCNCc1ccc(Cl)nc1. The van der Waals surface area contributed by atoms with Gasteiger partial charge in [0.15, 0.2) is 0 Å². The van der Waals surface area contributed by atoms with E-state index in [4.69, 9.17) is 16.7 Å². The van der Waals surface area contributed by atoms with Crippen LogP contribution in [0.5, 0.6) is 0 Å². The fourth-order valence-corrected chi connectivity index (χ4v) is 1.06. The second-order valence-electron chi connectivity index (χ2n) is 2.74. The van der Waals surface area contributed by atoms with Gasteiger partial charge < -0.3 is 10.4 Å². The van der Waals surface area contributed by atoms with E-state index in [-0.39, 0.29) is 31.4 Å². The average molecular weight is 274 g/mol. The summed E-state index contributed by atoms with van der Waals surface area (Å²) in [7, 11) is 0. The zero-order valence-electron chi connectivity index (χ0n) is 8.15. The van der Waals surface area contributed by atoms with Crippen molar-refractivity contribution in [2.45, 2.75) is 13.0 Å². The first-order valence-corrected chi connectivity index (χ1v) is 4.62. The van der Waals surface area contributed by atoms with Crippen LogP contribution in [0.2, 0.25) is 5.15 Å². The maximum atomic E-state index is 8.53. The van der Waals surface area contributed by atoms with E-state index in [2.05, 4.69) is 10.3 Å². The van der Waals surface area contributed by atoms with Crippen LogP contribution in [-0.2, 0) is 6.54 Å². The molecular formula is C9H15Cl3N2O. The lowest BCUT2D eigenvalue weighted by atomic mass is 10.3. The summed E-state index contributed by atoms with van der Waals surface area (Å²) in [6.45, 7) is 1.81. The Balaban J connectivity index is 0. The van der Waals surface area contributed by atoms with Crippen molar-refractivity contribution in [3.05, 3.63) is 29.0 Å². The van der Waals surface area contributed by atoms with Crippen molar-refractivity contribution in [2.24, 2.45) is 0 Å². The summed E-state index contributed by atoms with van der Waals surface area (Å²) in [5.74, 6) is 0. The van der Waals surface area contributed by atoms with Crippen LogP contribution in [0.3, 0.4) is 0 Å². The van der Waals surface area contributed by atoms with Gasteiger partial charge in [-0.2, -0.15) is 0 Å². The molecule has 0 spiro atoms. The molecule has 0 unspecified atom stereocenters. The van der Waals surface area contributed by atoms with Crippen molar-refractivity contribution in [3.8, 4) is 0 Å². The van der Waals surface area contributed by atoms with Crippen molar-refractivity contribution < 1.29 is 5.11 Å². The molecule has 0 aromatic carbocycles. The summed E-state index contributed by atoms with van der Waals surface area (Å²) in [4.78, 5) is 3.95. The van der Waals surface area contributed by atoms with Crippen LogP contribution >= 0.6 is 36.4 Å². The van der Waals surface area contributed by atoms with Crippen LogP contribution in [0.4, 0.5) is 0 Å². The monoisotopic (exact) mass is 272 g/mol. The van der Waals surface area contributed by atoms with Gasteiger partial charge in [0.2, 0.25) is 0 Å². The van der Waals surface area contributed by atoms with E-state index in [1.165, 1.54) is 0 Å². The third kappa shape index (κ3) is 7.82. The second kappa shape index (κ2) is 10.5. The molecule has 0 atom stereocenters. The highest BCUT2D eigenvalue weighted by Gasteiger charge is 1.92. The molecule has 1 aromatic heterocycles. The molecule has 0 bridgehead atoms. The highest BCUT2D eigenvalue weighted by molar-refractivity contribution is 6.29. The number of pyridine rings is 1. The quantitative estimate of drug-likeness (QED) is 0.637. The van der Waals surface area contributed by atoms with Gasteiger partial charge in [-0.25, -0.2) is 4.98 Å². The third-order valence-electron chi connectivity index (χ3n) is 1.63. The Hall–Kier alpha value is -0.0600. The average Bonchev–Trinajstić information content (AvgIpc) is 2.15. The molecule has 0 aliphatic carbocycles. The molecule has 0 aliphatic rings. The Bertz CT molecular complexity index is 244. The van der Waals surface area contributed by atoms with E-state index in [1.54, 1.807) is 12.3 Å². The van der Waals surface area contributed by atoms with E-state index >= 15 is 0 Å². The number of halogens is 3. The molecule has 15 heavy (non-hydrogen) atoms. The zero-order chi connectivity index (χ0) is 9.52. The first kappa shape index (κ1) is 17.3. The number of rotatable bonds is 5. The van der Waals surface area contributed by atoms with Crippen molar-refractivity contribution in [1.82, 2.24) is 10.3 Å². The fraction of sp³-hybridized carbons (Fsp3) is 0.444. The Morgan fingerprint density at radius 3 is 2.60 bits per heavy atom. The van der Waals surface area contributed by atoms with Gasteiger partial charge in [0.1, 0.15) is 5.15 Å². The van der Waals surface area contributed by atoms with Gasteiger partial charge in [0.05, 0.1) is 0 Å². The fourth-order valence-electron chi connectivity index (χ4n) is 0.948. The lowest BCUT2D eigenvalue weighted by Crippen LogP contribution is -2.15. The standard InChI is InChI=1S/C9H13ClN2O.2ClH/c10-9-3-2-8(7-12-9)6-11-4-1-5-13;;/h2-3,7,11,13H,1,4-6H2;2*1H. The zero-order valence-corrected chi connectivity index (χ0v) is 10.5. The third-order valence-corrected chi connectivity index (χ3v) is 1.85. The van der Waals surface area contributed by atoms with Crippen LogP contribution in [0.1, 0.15) is 12.0 Å². The smallest absolute Gasteiger partial charge is 0.129 e. The minimum absolute atomic E-state index is 0. The molecule has 6 heteroatoms. The molecule has 0 saturated heterocycles. The first-order valence-electron chi connectivity index (χ1n) is 4.25. The van der Waals surface area contributed by atoms with Gasteiger partial charge in [-0.3, -0.25) is 0 Å². The van der Waals surface area contributed by atoms with E-state index in [0.717, 1.165) is 25.1 Å². The molecule has 0 aliphatic heterocycles. The molecule has 1 aromatic rings. The number of hydrogen-bond donors (Lipinski definition) is 2. The van der Waals surface area contributed by atoms with E-state index in [0.29, 0.717) is 5.15 Å². The predicted molar refractivity (Wildman–Crippen MR) is 67.2 cm³/mol. The molecule has 2 N–H and O–H groups in total. The van der Waals surface area contributed by atoms with Crippen LogP contribution < -0.4 is 5.32 Å². The molecule has 0 fully saturated rings. The maximum absolute atomic E-state index is 8.53. The van der Waals surface area contributed by atoms with Gasteiger partial charge >= 0.3 is 0 Å². The second-order valence-corrected chi connectivity index (χ2v) is 3.13. The van der Waals surface area contributed by atoms with Gasteiger partial charge in [0.25, 0.3) is 0 Å². The van der Waals surface area contributed by atoms with Crippen LogP contribution in [0.15, 0.2) is 18.3 Å². The summed E-state index contributed by atoms with van der Waals surface area (Å²) in [6, 6.07) is 3.70. The molecular weight excluding hydrogens is 258 g/mol. The largest absolute Gasteiger partial charge is 0.396 e. The number of hydrogen-bond acceptors (Lipinski definition) is 3. The number of nitrogens with one attached hydrogen (secondary N) is 1. The maximum Gasteiger partial charge on any atom is 0.129 e. The Kier molecular flexibility index (Phi) is 12.1. The number of aliphatic hydroxyl groups excluding tert-OH is 1. The number of aliphatic hydroxyl groups is 1. The highest BCUT2D eigenvalue weighted by Crippen LogP contribution is 2.04. The summed E-state index contributed by atoms with van der Waals surface area (Å²) in [5.41, 5.74) is 1.10. The Morgan fingerprint density at radius 1 is 1.33 bits per heavy atom. The molecule has 88 valence electrons. The Morgan fingerprint density at radius 2 is 2.07 bits per heavy atom. The summed E-state index contributed by atoms with van der Waals surface area (Å²) in [6.07, 6.45) is 2.52.